The minimum atomic E-state index is -0.125. The minimum Gasteiger partial charge on any atom is -0.456 e. The van der Waals surface area contributed by atoms with Crippen LogP contribution in [-0.4, -0.2) is 45.0 Å². The Morgan fingerprint density at radius 3 is 2.74 bits per heavy atom. The second kappa shape index (κ2) is 9.31. The highest BCUT2D eigenvalue weighted by Crippen LogP contribution is 2.44. The number of anilines is 1. The van der Waals surface area contributed by atoms with Crippen LogP contribution >= 0.6 is 23.1 Å². The lowest BCUT2D eigenvalue weighted by Crippen LogP contribution is -2.46. The maximum absolute atomic E-state index is 12.7. The summed E-state index contributed by atoms with van der Waals surface area (Å²) in [4.78, 5) is 36.8. The number of hydrogen-bond donors (Lipinski definition) is 1. The fraction of sp³-hybridized carbons (Fsp3) is 0.231. The molecule has 2 aromatic carbocycles. The number of nitrogens with zero attached hydrogens (tertiary/aromatic N) is 3. The largest absolute Gasteiger partial charge is 0.456 e. The molecule has 0 aliphatic carbocycles. The van der Waals surface area contributed by atoms with Gasteiger partial charge < -0.3 is 15.0 Å². The van der Waals surface area contributed by atoms with Gasteiger partial charge in [-0.05, 0) is 42.3 Å². The van der Waals surface area contributed by atoms with Gasteiger partial charge in [-0.1, -0.05) is 12.1 Å². The van der Waals surface area contributed by atoms with Gasteiger partial charge in [0.2, 0.25) is 11.8 Å². The average Bonchev–Trinajstić information content (AvgIpc) is 3.46. The number of nitrogens with one attached hydrogen (secondary N) is 1. The summed E-state index contributed by atoms with van der Waals surface area (Å²) < 4.78 is 7.19. The van der Waals surface area contributed by atoms with Gasteiger partial charge in [0.05, 0.1) is 38.0 Å². The molecule has 4 heterocycles. The molecule has 2 aliphatic heterocycles. The molecule has 1 unspecified atom stereocenters. The molecule has 1 fully saturated rings. The number of likely N-dealkylation sites (tertiary alicyclic amines) is 1. The van der Waals surface area contributed by atoms with Crippen molar-refractivity contribution in [2.24, 2.45) is 0 Å². The van der Waals surface area contributed by atoms with Gasteiger partial charge in [-0.2, -0.15) is 0 Å². The predicted molar refractivity (Wildman–Crippen MR) is 137 cm³/mol. The molecule has 0 saturated carbocycles. The van der Waals surface area contributed by atoms with E-state index in [0.717, 1.165) is 51.6 Å². The van der Waals surface area contributed by atoms with E-state index < -0.39 is 0 Å². The SMILES string of the molecule is O=C(Cc1ccc(Oc2ccnc3c2SC(C(=O)N2CCC2)C3)cc1)Nc1ccc2ncsc2c1. The van der Waals surface area contributed by atoms with Crippen LogP contribution in [0.1, 0.15) is 17.7 Å². The van der Waals surface area contributed by atoms with Crippen LogP contribution < -0.4 is 10.1 Å². The topological polar surface area (TPSA) is 84.4 Å². The zero-order chi connectivity index (χ0) is 23.8. The van der Waals surface area contributed by atoms with Crippen molar-refractivity contribution in [2.75, 3.05) is 18.4 Å². The quantitative estimate of drug-likeness (QED) is 0.403. The third kappa shape index (κ3) is 4.61. The number of thioether (sulfide) groups is 1. The van der Waals surface area contributed by atoms with Crippen LogP contribution in [-0.2, 0) is 22.4 Å². The lowest BCUT2D eigenvalue weighted by atomic mass is 10.1. The van der Waals surface area contributed by atoms with E-state index in [2.05, 4.69) is 15.3 Å². The summed E-state index contributed by atoms with van der Waals surface area (Å²) in [6.07, 6.45) is 3.72. The molecule has 1 saturated heterocycles. The third-order valence-electron chi connectivity index (χ3n) is 6.16. The lowest BCUT2D eigenvalue weighted by molar-refractivity contribution is -0.133. The Bertz CT molecular complexity index is 1420. The Balaban J connectivity index is 1.09. The summed E-state index contributed by atoms with van der Waals surface area (Å²) in [6.45, 7) is 1.71. The predicted octanol–water partition coefficient (Wildman–Crippen LogP) is 4.91. The lowest BCUT2D eigenvalue weighted by Gasteiger charge is -2.32. The number of thiazole rings is 1. The molecule has 6 rings (SSSR count). The number of rotatable bonds is 6. The fourth-order valence-corrected chi connectivity index (χ4v) is 6.18. The molecule has 1 N–H and O–H groups in total. The summed E-state index contributed by atoms with van der Waals surface area (Å²) in [5.41, 5.74) is 5.30. The van der Waals surface area contributed by atoms with Gasteiger partial charge in [0.15, 0.2) is 0 Å². The number of ether oxygens (including phenoxy) is 1. The van der Waals surface area contributed by atoms with E-state index in [1.807, 2.05) is 53.4 Å². The van der Waals surface area contributed by atoms with Crippen LogP contribution in [0.25, 0.3) is 10.2 Å². The first-order chi connectivity index (χ1) is 17.1. The number of fused-ring (bicyclic) bond motifs is 2. The molecule has 2 aliphatic rings. The van der Waals surface area contributed by atoms with Crippen LogP contribution in [0.15, 0.2) is 65.1 Å². The zero-order valence-electron chi connectivity index (χ0n) is 18.8. The van der Waals surface area contributed by atoms with E-state index in [1.54, 1.807) is 34.8 Å². The zero-order valence-corrected chi connectivity index (χ0v) is 20.4. The highest BCUT2D eigenvalue weighted by Gasteiger charge is 2.36. The summed E-state index contributed by atoms with van der Waals surface area (Å²) in [5.74, 6) is 1.50. The number of amides is 2. The Kier molecular flexibility index (Phi) is 5.87. The molecule has 0 radical (unpaired) electrons. The van der Waals surface area contributed by atoms with Crippen LogP contribution in [0.5, 0.6) is 11.5 Å². The molecular formula is C26H22N4O3S2. The molecule has 4 aromatic rings. The smallest absolute Gasteiger partial charge is 0.236 e. The van der Waals surface area contributed by atoms with Crippen molar-refractivity contribution < 1.29 is 14.3 Å². The van der Waals surface area contributed by atoms with Gasteiger partial charge in [-0.15, -0.1) is 23.1 Å². The Hall–Kier alpha value is -3.43. The number of carbonyl (C=O) groups excluding carboxylic acids is 2. The Morgan fingerprint density at radius 2 is 1.94 bits per heavy atom. The molecule has 1 atom stereocenters. The molecule has 9 heteroatoms. The number of aromatic nitrogens is 2. The summed E-state index contributed by atoms with van der Waals surface area (Å²) >= 11 is 3.09. The molecule has 2 aromatic heterocycles. The maximum atomic E-state index is 12.7. The number of carbonyl (C=O) groups is 2. The molecule has 0 spiro atoms. The van der Waals surface area contributed by atoms with Crippen LogP contribution in [0.2, 0.25) is 0 Å². The second-order valence-corrected chi connectivity index (χ2v) is 10.7. The Morgan fingerprint density at radius 1 is 1.09 bits per heavy atom. The third-order valence-corrected chi connectivity index (χ3v) is 8.27. The Labute approximate surface area is 210 Å². The molecular weight excluding hydrogens is 480 g/mol. The molecule has 35 heavy (non-hydrogen) atoms. The number of pyridine rings is 1. The van der Waals surface area contributed by atoms with Gasteiger partial charge in [-0.25, -0.2) is 4.98 Å². The van der Waals surface area contributed by atoms with E-state index >= 15 is 0 Å². The van der Waals surface area contributed by atoms with E-state index in [0.29, 0.717) is 17.9 Å². The highest BCUT2D eigenvalue weighted by molar-refractivity contribution is 8.01. The van der Waals surface area contributed by atoms with Gasteiger partial charge in [0.25, 0.3) is 0 Å². The molecule has 176 valence electrons. The van der Waals surface area contributed by atoms with Crippen LogP contribution in [0, 0.1) is 0 Å². The van der Waals surface area contributed by atoms with Crippen molar-refractivity contribution in [1.82, 2.24) is 14.9 Å². The molecule has 7 nitrogen and oxygen atoms in total. The van der Waals surface area contributed by atoms with E-state index in [4.69, 9.17) is 4.74 Å². The van der Waals surface area contributed by atoms with Crippen molar-refractivity contribution in [3.8, 4) is 11.5 Å². The first-order valence-corrected chi connectivity index (χ1v) is 13.2. The minimum absolute atomic E-state index is 0.0798. The van der Waals surface area contributed by atoms with Gasteiger partial charge in [-0.3, -0.25) is 14.6 Å². The number of benzene rings is 2. The summed E-state index contributed by atoms with van der Waals surface area (Å²) in [6, 6.07) is 15.1. The van der Waals surface area contributed by atoms with E-state index in [9.17, 15) is 9.59 Å². The van der Waals surface area contributed by atoms with Crippen molar-refractivity contribution in [3.63, 3.8) is 0 Å². The second-order valence-electron chi connectivity index (χ2n) is 8.58. The first kappa shape index (κ1) is 22.1. The normalized spacial score (nSPS) is 16.6. The van der Waals surface area contributed by atoms with Crippen molar-refractivity contribution >= 4 is 50.8 Å². The summed E-state index contributed by atoms with van der Waals surface area (Å²) in [5, 5.41) is 2.83. The van der Waals surface area contributed by atoms with E-state index in [-0.39, 0.29) is 23.5 Å². The highest BCUT2D eigenvalue weighted by atomic mass is 32.2. The van der Waals surface area contributed by atoms with Crippen LogP contribution in [0.4, 0.5) is 5.69 Å². The van der Waals surface area contributed by atoms with E-state index in [1.165, 1.54) is 0 Å². The van der Waals surface area contributed by atoms with Gasteiger partial charge >= 0.3 is 0 Å². The van der Waals surface area contributed by atoms with Gasteiger partial charge in [0, 0.05) is 37.5 Å². The van der Waals surface area contributed by atoms with Crippen molar-refractivity contribution in [2.45, 2.75) is 29.4 Å². The van der Waals surface area contributed by atoms with Crippen molar-refractivity contribution in [3.05, 3.63) is 71.5 Å². The number of hydrogen-bond acceptors (Lipinski definition) is 7. The first-order valence-electron chi connectivity index (χ1n) is 11.5. The average molecular weight is 503 g/mol. The molecule has 0 bridgehead atoms. The maximum Gasteiger partial charge on any atom is 0.236 e. The van der Waals surface area contributed by atoms with Crippen molar-refractivity contribution in [1.29, 1.82) is 0 Å². The monoisotopic (exact) mass is 502 g/mol. The van der Waals surface area contributed by atoms with Crippen LogP contribution in [0.3, 0.4) is 0 Å². The standard InChI is InChI=1S/C26H22N4O3S2/c31-24(29-17-4-7-19-22(13-17)34-15-28-19)12-16-2-5-18(6-3-16)33-21-8-9-27-20-14-23(35-25(20)21)26(32)30-10-1-11-30/h2-9,13,15,23H,1,10-12,14H2,(H,29,31). The fourth-order valence-electron chi connectivity index (χ4n) is 4.19. The summed E-state index contributed by atoms with van der Waals surface area (Å²) in [7, 11) is 0. The van der Waals surface area contributed by atoms with Gasteiger partial charge in [0.1, 0.15) is 11.5 Å². The molecule has 2 amide bonds.